The molecule has 0 aliphatic rings. The fourth-order valence-corrected chi connectivity index (χ4v) is 3.17. The van der Waals surface area contributed by atoms with Gasteiger partial charge in [-0.3, -0.25) is 4.79 Å². The van der Waals surface area contributed by atoms with Crippen molar-refractivity contribution in [2.75, 3.05) is 11.9 Å². The molecule has 1 aromatic carbocycles. The summed E-state index contributed by atoms with van der Waals surface area (Å²) in [5.41, 5.74) is 1.93. The Morgan fingerprint density at radius 2 is 2.00 bits per heavy atom. The number of fused-ring (bicyclic) bond motifs is 1. The van der Waals surface area contributed by atoms with E-state index in [1.165, 1.54) is 4.52 Å². The Bertz CT molecular complexity index is 1230. The molecule has 0 unspecified atom stereocenters. The van der Waals surface area contributed by atoms with Gasteiger partial charge in [-0.2, -0.15) is 10.2 Å². The van der Waals surface area contributed by atoms with Crippen molar-refractivity contribution in [2.24, 2.45) is 0 Å². The van der Waals surface area contributed by atoms with Gasteiger partial charge in [-0.15, -0.1) is 0 Å². The van der Waals surface area contributed by atoms with E-state index in [0.717, 1.165) is 5.56 Å². The van der Waals surface area contributed by atoms with Crippen LogP contribution in [0.3, 0.4) is 0 Å². The lowest BCUT2D eigenvalue weighted by Crippen LogP contribution is -2.23. The van der Waals surface area contributed by atoms with E-state index in [9.17, 15) is 9.59 Å². The number of esters is 1. The summed E-state index contributed by atoms with van der Waals surface area (Å²) in [5, 5.41) is 11.7. The van der Waals surface area contributed by atoms with Crippen LogP contribution in [-0.4, -0.2) is 42.9 Å². The van der Waals surface area contributed by atoms with Crippen LogP contribution >= 0.6 is 11.6 Å². The summed E-state index contributed by atoms with van der Waals surface area (Å²) in [5.74, 6) is -0.697. The van der Waals surface area contributed by atoms with Gasteiger partial charge in [0.1, 0.15) is 11.4 Å². The minimum Gasteiger partial charge on any atom is -0.452 e. The fourth-order valence-electron chi connectivity index (χ4n) is 2.97. The zero-order valence-corrected chi connectivity index (χ0v) is 16.7. The maximum atomic E-state index is 12.5. The topological polar surface area (TPSA) is 103 Å². The molecule has 0 aliphatic heterocycles. The zero-order chi connectivity index (χ0) is 21.1. The van der Waals surface area contributed by atoms with E-state index in [-0.39, 0.29) is 5.56 Å². The molecular formula is C20H17ClN6O3. The van der Waals surface area contributed by atoms with Gasteiger partial charge in [-0.05, 0) is 24.6 Å². The minimum atomic E-state index is -0.666. The van der Waals surface area contributed by atoms with Gasteiger partial charge in [0, 0.05) is 23.5 Å². The molecule has 4 aromatic rings. The number of benzene rings is 1. The van der Waals surface area contributed by atoms with Crippen LogP contribution in [0.1, 0.15) is 21.6 Å². The van der Waals surface area contributed by atoms with Crippen LogP contribution in [0.5, 0.6) is 0 Å². The van der Waals surface area contributed by atoms with Crippen molar-refractivity contribution < 1.29 is 14.3 Å². The Morgan fingerprint density at radius 1 is 1.17 bits per heavy atom. The van der Waals surface area contributed by atoms with Gasteiger partial charge >= 0.3 is 5.97 Å². The van der Waals surface area contributed by atoms with E-state index in [2.05, 4.69) is 20.5 Å². The number of hydrogen-bond donors (Lipinski definition) is 1. The van der Waals surface area contributed by atoms with E-state index in [0.29, 0.717) is 28.7 Å². The Kier molecular flexibility index (Phi) is 5.44. The zero-order valence-electron chi connectivity index (χ0n) is 15.9. The second-order valence-electron chi connectivity index (χ2n) is 6.44. The lowest BCUT2D eigenvalue weighted by molar-refractivity contribution is -0.119. The van der Waals surface area contributed by atoms with Crippen LogP contribution in [-0.2, 0) is 16.1 Å². The Balaban J connectivity index is 1.40. The molecule has 0 saturated carbocycles. The third kappa shape index (κ3) is 4.01. The number of nitrogens with zero attached hydrogens (tertiary/aromatic N) is 5. The molecule has 0 saturated heterocycles. The van der Waals surface area contributed by atoms with Crippen molar-refractivity contribution in [2.45, 2.75) is 13.5 Å². The molecule has 152 valence electrons. The number of hydrogen-bond acceptors (Lipinski definition) is 6. The third-order valence-electron chi connectivity index (χ3n) is 4.37. The van der Waals surface area contributed by atoms with Crippen LogP contribution in [0.2, 0.25) is 5.02 Å². The van der Waals surface area contributed by atoms with Crippen molar-refractivity contribution in [3.05, 3.63) is 76.8 Å². The number of ether oxygens (including phenoxy) is 1. The number of aromatic nitrogens is 5. The van der Waals surface area contributed by atoms with E-state index < -0.39 is 18.5 Å². The lowest BCUT2D eigenvalue weighted by Gasteiger charge is -2.10. The molecule has 3 aromatic heterocycles. The fraction of sp³-hybridized carbons (Fsp3) is 0.150. The highest BCUT2D eigenvalue weighted by Gasteiger charge is 2.20. The van der Waals surface area contributed by atoms with E-state index in [1.54, 1.807) is 48.4 Å². The SMILES string of the molecule is Cc1nn2cccnc2c1C(=O)OCC(=O)Nc1ccnn1Cc1ccccc1Cl. The van der Waals surface area contributed by atoms with Gasteiger partial charge in [0.05, 0.1) is 18.4 Å². The van der Waals surface area contributed by atoms with Gasteiger partial charge in [0.25, 0.3) is 5.91 Å². The average Bonchev–Trinajstić information content (AvgIpc) is 3.30. The van der Waals surface area contributed by atoms with Gasteiger partial charge in [0.15, 0.2) is 12.3 Å². The van der Waals surface area contributed by atoms with Crippen LogP contribution in [0, 0.1) is 6.92 Å². The molecule has 0 radical (unpaired) electrons. The molecule has 0 fully saturated rings. The highest BCUT2D eigenvalue weighted by atomic mass is 35.5. The number of nitrogens with one attached hydrogen (secondary N) is 1. The summed E-state index contributed by atoms with van der Waals surface area (Å²) in [6.07, 6.45) is 4.80. The summed E-state index contributed by atoms with van der Waals surface area (Å²) in [6.45, 7) is 1.60. The number of carbonyl (C=O) groups excluding carboxylic acids is 2. The predicted octanol–water partition coefficient (Wildman–Crippen LogP) is 2.73. The summed E-state index contributed by atoms with van der Waals surface area (Å²) in [6, 6.07) is 10.7. The highest BCUT2D eigenvalue weighted by molar-refractivity contribution is 6.31. The Morgan fingerprint density at radius 3 is 2.83 bits per heavy atom. The second-order valence-corrected chi connectivity index (χ2v) is 6.85. The Labute approximate surface area is 176 Å². The summed E-state index contributed by atoms with van der Waals surface area (Å²) in [7, 11) is 0. The molecule has 1 amide bonds. The number of rotatable bonds is 6. The first-order valence-electron chi connectivity index (χ1n) is 9.05. The van der Waals surface area contributed by atoms with Gasteiger partial charge in [-0.1, -0.05) is 29.8 Å². The molecular weight excluding hydrogens is 408 g/mol. The molecule has 0 aliphatic carbocycles. The van der Waals surface area contributed by atoms with E-state index >= 15 is 0 Å². The maximum absolute atomic E-state index is 12.5. The summed E-state index contributed by atoms with van der Waals surface area (Å²) >= 11 is 6.19. The quantitative estimate of drug-likeness (QED) is 0.477. The van der Waals surface area contributed by atoms with Crippen LogP contribution in [0.25, 0.3) is 5.65 Å². The average molecular weight is 425 g/mol. The molecule has 0 spiro atoms. The van der Waals surface area contributed by atoms with E-state index in [1.807, 2.05) is 18.2 Å². The van der Waals surface area contributed by atoms with Crippen molar-refractivity contribution in [3.63, 3.8) is 0 Å². The minimum absolute atomic E-state index is 0.229. The predicted molar refractivity (Wildman–Crippen MR) is 109 cm³/mol. The molecule has 1 N–H and O–H groups in total. The van der Waals surface area contributed by atoms with Gasteiger partial charge in [-0.25, -0.2) is 19.0 Å². The molecule has 0 bridgehead atoms. The summed E-state index contributed by atoms with van der Waals surface area (Å²) in [4.78, 5) is 28.9. The normalized spacial score (nSPS) is 10.9. The highest BCUT2D eigenvalue weighted by Crippen LogP contribution is 2.18. The van der Waals surface area contributed by atoms with Crippen molar-refractivity contribution in [1.29, 1.82) is 0 Å². The first kappa shape index (κ1) is 19.6. The van der Waals surface area contributed by atoms with Crippen LogP contribution in [0.15, 0.2) is 55.0 Å². The van der Waals surface area contributed by atoms with Crippen molar-refractivity contribution in [3.8, 4) is 0 Å². The van der Waals surface area contributed by atoms with Gasteiger partial charge < -0.3 is 10.1 Å². The molecule has 0 atom stereocenters. The van der Waals surface area contributed by atoms with Crippen LogP contribution < -0.4 is 5.32 Å². The second kappa shape index (κ2) is 8.34. The molecule has 4 rings (SSSR count). The summed E-state index contributed by atoms with van der Waals surface area (Å²) < 4.78 is 8.25. The standard InChI is InChI=1S/C20H17ClN6O3/c1-13-18(19-22-8-4-10-26(19)25-13)20(29)30-12-17(28)24-16-7-9-23-27(16)11-14-5-2-3-6-15(14)21/h2-10H,11-12H2,1H3,(H,24,28). The maximum Gasteiger partial charge on any atom is 0.344 e. The molecule has 9 nitrogen and oxygen atoms in total. The van der Waals surface area contributed by atoms with Crippen LogP contribution in [0.4, 0.5) is 5.82 Å². The number of carbonyl (C=O) groups is 2. The van der Waals surface area contributed by atoms with Gasteiger partial charge in [0.2, 0.25) is 0 Å². The first-order chi connectivity index (χ1) is 14.5. The molecule has 3 heterocycles. The number of amides is 1. The monoisotopic (exact) mass is 424 g/mol. The number of anilines is 1. The molecule has 30 heavy (non-hydrogen) atoms. The first-order valence-corrected chi connectivity index (χ1v) is 9.43. The lowest BCUT2D eigenvalue weighted by atomic mass is 10.2. The number of halogens is 1. The van der Waals surface area contributed by atoms with Crippen molar-refractivity contribution >= 4 is 34.9 Å². The smallest absolute Gasteiger partial charge is 0.344 e. The molecule has 10 heteroatoms. The third-order valence-corrected chi connectivity index (χ3v) is 4.74. The number of aryl methyl sites for hydroxylation is 1. The van der Waals surface area contributed by atoms with Crippen molar-refractivity contribution in [1.82, 2.24) is 24.4 Å². The Hall–Kier alpha value is -3.72. The largest absolute Gasteiger partial charge is 0.452 e. The van der Waals surface area contributed by atoms with E-state index in [4.69, 9.17) is 16.3 Å².